The molecule has 0 unspecified atom stereocenters. The Morgan fingerprint density at radius 3 is 2.93 bits per heavy atom. The van der Waals surface area contributed by atoms with Crippen LogP contribution in [0.2, 0.25) is 0 Å². The van der Waals surface area contributed by atoms with Crippen LogP contribution in [-0.4, -0.2) is 6.61 Å². The van der Waals surface area contributed by atoms with Gasteiger partial charge in [-0.1, -0.05) is 0 Å². The molecule has 0 saturated heterocycles. The first-order valence-electron chi connectivity index (χ1n) is 4.62. The number of halogens is 1. The van der Waals surface area contributed by atoms with E-state index in [4.69, 9.17) is 10.00 Å². The van der Waals surface area contributed by atoms with Gasteiger partial charge in [-0.15, -0.1) is 0 Å². The van der Waals surface area contributed by atoms with Crippen LogP contribution < -0.4 is 4.74 Å². The summed E-state index contributed by atoms with van der Waals surface area (Å²) in [6.45, 7) is 0.595. The molecule has 0 spiro atoms. The summed E-state index contributed by atoms with van der Waals surface area (Å²) in [5.41, 5.74) is 0.395. The minimum atomic E-state index is -0.366. The zero-order valence-corrected chi connectivity index (χ0v) is 7.66. The van der Waals surface area contributed by atoms with E-state index in [9.17, 15) is 4.39 Å². The first-order valence-corrected chi connectivity index (χ1v) is 4.62. The molecule has 0 aromatic heterocycles. The van der Waals surface area contributed by atoms with Crippen molar-refractivity contribution in [3.63, 3.8) is 0 Å². The molecule has 1 aromatic carbocycles. The van der Waals surface area contributed by atoms with Gasteiger partial charge in [0.1, 0.15) is 17.6 Å². The first kappa shape index (κ1) is 9.01. The summed E-state index contributed by atoms with van der Waals surface area (Å²) >= 11 is 0. The number of benzene rings is 1. The molecule has 1 fully saturated rings. The largest absolute Gasteiger partial charge is 0.492 e. The predicted octanol–water partition coefficient (Wildman–Crippen LogP) is 2.49. The lowest BCUT2D eigenvalue weighted by atomic mass is 10.2. The van der Waals surface area contributed by atoms with E-state index in [0.717, 1.165) is 0 Å². The molecular formula is C11H10FNO. The maximum absolute atomic E-state index is 12.8. The van der Waals surface area contributed by atoms with Crippen LogP contribution in [0.1, 0.15) is 18.4 Å². The lowest BCUT2D eigenvalue weighted by molar-refractivity contribution is 0.297. The second-order valence-corrected chi connectivity index (χ2v) is 3.51. The van der Waals surface area contributed by atoms with Gasteiger partial charge in [-0.2, -0.15) is 5.26 Å². The predicted molar refractivity (Wildman–Crippen MR) is 49.3 cm³/mol. The molecule has 1 aliphatic carbocycles. The highest BCUT2D eigenvalue weighted by Gasteiger charge is 2.22. The number of hydrogen-bond acceptors (Lipinski definition) is 2. The maximum Gasteiger partial charge on any atom is 0.139 e. The van der Waals surface area contributed by atoms with Gasteiger partial charge < -0.3 is 4.74 Å². The van der Waals surface area contributed by atoms with E-state index in [1.807, 2.05) is 6.07 Å². The smallest absolute Gasteiger partial charge is 0.139 e. The van der Waals surface area contributed by atoms with Crippen LogP contribution in [0.25, 0.3) is 0 Å². The summed E-state index contributed by atoms with van der Waals surface area (Å²) in [5, 5.41) is 8.74. The molecule has 0 atom stereocenters. The molecule has 72 valence electrons. The van der Waals surface area contributed by atoms with E-state index in [1.54, 1.807) is 0 Å². The van der Waals surface area contributed by atoms with Crippen LogP contribution >= 0.6 is 0 Å². The Morgan fingerprint density at radius 2 is 2.29 bits per heavy atom. The molecule has 1 saturated carbocycles. The van der Waals surface area contributed by atoms with Crippen molar-refractivity contribution in [1.82, 2.24) is 0 Å². The Hall–Kier alpha value is -1.56. The number of nitrogens with zero attached hydrogens (tertiary/aromatic N) is 1. The Kier molecular flexibility index (Phi) is 2.36. The minimum absolute atomic E-state index is 0.361. The van der Waals surface area contributed by atoms with Gasteiger partial charge in [-0.05, 0) is 30.9 Å². The maximum atomic E-state index is 12.8. The average molecular weight is 191 g/mol. The Morgan fingerprint density at radius 1 is 1.50 bits per heavy atom. The molecule has 3 heteroatoms. The van der Waals surface area contributed by atoms with Gasteiger partial charge in [0.25, 0.3) is 0 Å². The molecule has 0 aliphatic heterocycles. The Labute approximate surface area is 81.9 Å². The van der Waals surface area contributed by atoms with Crippen molar-refractivity contribution >= 4 is 0 Å². The third-order valence-corrected chi connectivity index (χ3v) is 2.24. The van der Waals surface area contributed by atoms with Crippen LogP contribution in [0.4, 0.5) is 4.39 Å². The lowest BCUT2D eigenvalue weighted by Gasteiger charge is -2.06. The summed E-state index contributed by atoms with van der Waals surface area (Å²) in [7, 11) is 0. The van der Waals surface area contributed by atoms with Gasteiger partial charge in [0.2, 0.25) is 0 Å². The Bertz CT molecular complexity index is 379. The van der Waals surface area contributed by atoms with E-state index in [-0.39, 0.29) is 5.82 Å². The topological polar surface area (TPSA) is 33.0 Å². The van der Waals surface area contributed by atoms with Crippen molar-refractivity contribution in [3.05, 3.63) is 29.6 Å². The van der Waals surface area contributed by atoms with Gasteiger partial charge in [-0.3, -0.25) is 0 Å². The van der Waals surface area contributed by atoms with Gasteiger partial charge in [-0.25, -0.2) is 4.39 Å². The van der Waals surface area contributed by atoms with Crippen LogP contribution in [0.5, 0.6) is 5.75 Å². The second-order valence-electron chi connectivity index (χ2n) is 3.51. The lowest BCUT2D eigenvalue weighted by Crippen LogP contribution is -2.00. The van der Waals surface area contributed by atoms with E-state index in [0.29, 0.717) is 23.8 Å². The van der Waals surface area contributed by atoms with Gasteiger partial charge >= 0.3 is 0 Å². The van der Waals surface area contributed by atoms with Crippen LogP contribution in [0, 0.1) is 23.1 Å². The molecule has 2 rings (SSSR count). The number of rotatable bonds is 3. The summed E-state index contributed by atoms with van der Waals surface area (Å²) in [6.07, 6.45) is 2.36. The highest BCUT2D eigenvalue weighted by molar-refractivity contribution is 5.42. The molecule has 0 amide bonds. The zero-order valence-electron chi connectivity index (χ0n) is 7.66. The molecule has 1 aliphatic rings. The van der Waals surface area contributed by atoms with Crippen molar-refractivity contribution in [2.75, 3.05) is 6.61 Å². The van der Waals surface area contributed by atoms with E-state index < -0.39 is 0 Å². The first-order chi connectivity index (χ1) is 6.79. The molecule has 0 heterocycles. The SMILES string of the molecule is N#Cc1ccc(F)cc1OCC1CC1. The fourth-order valence-electron chi connectivity index (χ4n) is 1.20. The highest BCUT2D eigenvalue weighted by Crippen LogP contribution is 2.30. The number of ether oxygens (including phenoxy) is 1. The van der Waals surface area contributed by atoms with Crippen molar-refractivity contribution in [2.24, 2.45) is 5.92 Å². The molecule has 1 aromatic rings. The number of nitriles is 1. The Balaban J connectivity index is 2.12. The van der Waals surface area contributed by atoms with Crippen molar-refractivity contribution < 1.29 is 9.13 Å². The van der Waals surface area contributed by atoms with Gasteiger partial charge in [0.05, 0.1) is 12.2 Å². The average Bonchev–Trinajstić information content (AvgIpc) is 2.98. The van der Waals surface area contributed by atoms with E-state index >= 15 is 0 Å². The fraction of sp³-hybridized carbons (Fsp3) is 0.364. The molecule has 0 N–H and O–H groups in total. The molecular weight excluding hydrogens is 181 g/mol. The second kappa shape index (κ2) is 3.67. The van der Waals surface area contributed by atoms with E-state index in [2.05, 4.69) is 0 Å². The molecule has 0 radical (unpaired) electrons. The van der Waals surface area contributed by atoms with Crippen LogP contribution in [-0.2, 0) is 0 Å². The summed E-state index contributed by atoms with van der Waals surface area (Å²) < 4.78 is 18.2. The van der Waals surface area contributed by atoms with Crippen LogP contribution in [0.3, 0.4) is 0 Å². The normalized spacial score (nSPS) is 14.9. The van der Waals surface area contributed by atoms with E-state index in [1.165, 1.54) is 31.0 Å². The molecule has 2 nitrogen and oxygen atoms in total. The quantitative estimate of drug-likeness (QED) is 0.735. The number of hydrogen-bond donors (Lipinski definition) is 0. The minimum Gasteiger partial charge on any atom is -0.492 e. The zero-order chi connectivity index (χ0) is 9.97. The summed E-state index contributed by atoms with van der Waals surface area (Å²) in [6, 6.07) is 5.95. The monoisotopic (exact) mass is 191 g/mol. The third-order valence-electron chi connectivity index (χ3n) is 2.24. The molecule has 14 heavy (non-hydrogen) atoms. The van der Waals surface area contributed by atoms with Gasteiger partial charge in [0, 0.05) is 6.07 Å². The van der Waals surface area contributed by atoms with Crippen molar-refractivity contribution in [3.8, 4) is 11.8 Å². The van der Waals surface area contributed by atoms with Gasteiger partial charge in [0.15, 0.2) is 0 Å². The highest BCUT2D eigenvalue weighted by atomic mass is 19.1. The third kappa shape index (κ3) is 2.02. The van der Waals surface area contributed by atoms with Crippen molar-refractivity contribution in [1.29, 1.82) is 5.26 Å². The summed E-state index contributed by atoms with van der Waals surface area (Å²) in [4.78, 5) is 0. The van der Waals surface area contributed by atoms with Crippen molar-refractivity contribution in [2.45, 2.75) is 12.8 Å². The fourth-order valence-corrected chi connectivity index (χ4v) is 1.20. The standard InChI is InChI=1S/C11H10FNO/c12-10-4-3-9(6-13)11(5-10)14-7-8-1-2-8/h3-5,8H,1-2,7H2. The molecule has 0 bridgehead atoms. The van der Waals surface area contributed by atoms with Crippen LogP contribution in [0.15, 0.2) is 18.2 Å². The summed E-state index contributed by atoms with van der Waals surface area (Å²) in [5.74, 6) is 0.596.